The normalized spacial score (nSPS) is 22.8. The number of Topliss-reactive ketones (excluding diaryl/α,β-unsaturated/α-hetero) is 1. The van der Waals surface area contributed by atoms with Gasteiger partial charge in [0.1, 0.15) is 5.78 Å². The first-order chi connectivity index (χ1) is 16.5. The Bertz CT molecular complexity index is 891. The van der Waals surface area contributed by atoms with Crippen LogP contribution in [0.5, 0.6) is 0 Å². The molecule has 1 saturated carbocycles. The van der Waals surface area contributed by atoms with E-state index in [-0.39, 0.29) is 34.1 Å². The Kier molecular flexibility index (Phi) is 10.4. The molecule has 36 heavy (non-hydrogen) atoms. The zero-order valence-corrected chi connectivity index (χ0v) is 26.7. The third-order valence-corrected chi connectivity index (χ3v) is 17.8. The second-order valence-corrected chi connectivity index (χ2v) is 23.1. The number of hydrogen-bond acceptors (Lipinski definition) is 3. The molecule has 4 atom stereocenters. The number of carbonyl (C=O) groups is 1. The van der Waals surface area contributed by atoms with Gasteiger partial charge in [0.2, 0.25) is 0 Å². The molecule has 0 bridgehead atoms. The fourth-order valence-electron chi connectivity index (χ4n) is 4.32. The average molecular weight is 529 g/mol. The lowest BCUT2D eigenvalue weighted by Gasteiger charge is -2.40. The van der Waals surface area contributed by atoms with E-state index in [9.17, 15) is 4.79 Å². The lowest BCUT2D eigenvalue weighted by molar-refractivity contribution is -0.121. The Morgan fingerprint density at radius 2 is 1.58 bits per heavy atom. The second-order valence-electron chi connectivity index (χ2n) is 13.6. The molecule has 1 fully saturated rings. The van der Waals surface area contributed by atoms with Crippen molar-refractivity contribution in [2.75, 3.05) is 0 Å². The van der Waals surface area contributed by atoms with Gasteiger partial charge in [0, 0.05) is 18.3 Å². The Labute approximate surface area is 224 Å². The smallest absolute Gasteiger partial charge is 0.192 e. The molecule has 0 saturated heterocycles. The first-order valence-corrected chi connectivity index (χ1v) is 19.5. The van der Waals surface area contributed by atoms with Crippen LogP contribution in [0.2, 0.25) is 36.3 Å². The van der Waals surface area contributed by atoms with Crippen molar-refractivity contribution >= 4 is 22.4 Å². The van der Waals surface area contributed by atoms with Gasteiger partial charge in [0.25, 0.3) is 0 Å². The summed E-state index contributed by atoms with van der Waals surface area (Å²) < 4.78 is 13.8. The highest BCUT2D eigenvalue weighted by molar-refractivity contribution is 6.74. The van der Waals surface area contributed by atoms with E-state index in [0.717, 1.165) is 12.8 Å². The lowest BCUT2D eigenvalue weighted by Crippen LogP contribution is -2.45. The van der Waals surface area contributed by atoms with Gasteiger partial charge in [-0.2, -0.15) is 0 Å². The van der Waals surface area contributed by atoms with E-state index < -0.39 is 16.6 Å². The topological polar surface area (TPSA) is 35.5 Å². The minimum atomic E-state index is -2.01. The molecule has 0 amide bonds. The standard InChI is InChI=1S/C31H52O3Si2/c1-12-16-26-27(29(23-28(26)32)34-36(10,11)31(5,6)7)22-21-25(33-35(8,9)30(2,3)4)20-19-24-17-14-13-15-18-24/h12-15,17-18,21-22,25-27,29H,1,16,19-20,23H2,2-11H3/b22-21+/t25-,26+,27+,29?/m0/s1. The summed E-state index contributed by atoms with van der Waals surface area (Å²) >= 11 is 0. The molecule has 0 N–H and O–H groups in total. The molecule has 1 aliphatic rings. The van der Waals surface area contributed by atoms with Crippen molar-refractivity contribution in [3.05, 3.63) is 60.7 Å². The largest absolute Gasteiger partial charge is 0.413 e. The highest BCUT2D eigenvalue weighted by Gasteiger charge is 2.47. The second kappa shape index (κ2) is 12.1. The van der Waals surface area contributed by atoms with Crippen molar-refractivity contribution in [1.29, 1.82) is 0 Å². The Balaban J connectivity index is 2.34. The fraction of sp³-hybridized carbons (Fsp3) is 0.645. The summed E-state index contributed by atoms with van der Waals surface area (Å²) in [6.07, 6.45) is 9.44. The van der Waals surface area contributed by atoms with Crippen molar-refractivity contribution in [2.24, 2.45) is 11.8 Å². The van der Waals surface area contributed by atoms with E-state index in [2.05, 4.69) is 117 Å². The fourth-order valence-corrected chi connectivity index (χ4v) is 6.97. The van der Waals surface area contributed by atoms with Crippen molar-refractivity contribution in [1.82, 2.24) is 0 Å². The van der Waals surface area contributed by atoms with Gasteiger partial charge in [-0.05, 0) is 61.1 Å². The molecule has 0 aliphatic heterocycles. The molecule has 1 aromatic rings. The van der Waals surface area contributed by atoms with Gasteiger partial charge < -0.3 is 8.85 Å². The van der Waals surface area contributed by atoms with Gasteiger partial charge in [-0.3, -0.25) is 4.79 Å². The molecular weight excluding hydrogens is 477 g/mol. The number of allylic oxidation sites excluding steroid dienone is 1. The van der Waals surface area contributed by atoms with Crippen LogP contribution in [0, 0.1) is 11.8 Å². The van der Waals surface area contributed by atoms with Crippen LogP contribution in [0.25, 0.3) is 0 Å². The highest BCUT2D eigenvalue weighted by atomic mass is 28.4. The van der Waals surface area contributed by atoms with Crippen molar-refractivity contribution < 1.29 is 13.6 Å². The summed E-state index contributed by atoms with van der Waals surface area (Å²) in [6, 6.07) is 10.6. The van der Waals surface area contributed by atoms with Crippen LogP contribution >= 0.6 is 0 Å². The van der Waals surface area contributed by atoms with E-state index in [4.69, 9.17) is 8.85 Å². The number of aryl methyl sites for hydroxylation is 1. The van der Waals surface area contributed by atoms with Crippen LogP contribution in [0.3, 0.4) is 0 Å². The molecule has 202 valence electrons. The van der Waals surface area contributed by atoms with Crippen LogP contribution in [0.4, 0.5) is 0 Å². The van der Waals surface area contributed by atoms with E-state index in [1.807, 2.05) is 6.08 Å². The molecular formula is C31H52O3Si2. The van der Waals surface area contributed by atoms with Crippen LogP contribution in [-0.4, -0.2) is 34.6 Å². The van der Waals surface area contributed by atoms with Crippen LogP contribution < -0.4 is 0 Å². The zero-order valence-electron chi connectivity index (χ0n) is 24.7. The molecule has 0 radical (unpaired) electrons. The third kappa shape index (κ3) is 8.11. The lowest BCUT2D eigenvalue weighted by atomic mass is 9.90. The molecule has 2 rings (SSSR count). The Hall–Kier alpha value is -1.28. The molecule has 5 heteroatoms. The SMILES string of the molecule is C=CC[C@H]1C(=O)CC(O[Si](C)(C)C(C)(C)C)[C@@H]1/C=C/[C@H](CCc1ccccc1)O[Si](C)(C)C(C)(C)C. The molecule has 1 aliphatic carbocycles. The minimum absolute atomic E-state index is 0.0136. The highest BCUT2D eigenvalue weighted by Crippen LogP contribution is 2.43. The van der Waals surface area contributed by atoms with Gasteiger partial charge in [-0.15, -0.1) is 6.58 Å². The van der Waals surface area contributed by atoms with Crippen LogP contribution in [-0.2, 0) is 20.1 Å². The molecule has 0 aromatic heterocycles. The molecule has 3 nitrogen and oxygen atoms in total. The van der Waals surface area contributed by atoms with Gasteiger partial charge in [0.15, 0.2) is 16.6 Å². The van der Waals surface area contributed by atoms with Crippen molar-refractivity contribution in [2.45, 2.75) is 116 Å². The number of rotatable bonds is 11. The number of carbonyl (C=O) groups excluding carboxylic acids is 1. The summed E-state index contributed by atoms with van der Waals surface area (Å²) in [5.41, 5.74) is 1.33. The van der Waals surface area contributed by atoms with E-state index in [0.29, 0.717) is 18.6 Å². The summed E-state index contributed by atoms with van der Waals surface area (Å²) in [7, 11) is -3.98. The van der Waals surface area contributed by atoms with E-state index in [1.54, 1.807) is 0 Å². The maximum Gasteiger partial charge on any atom is 0.192 e. The quantitative estimate of drug-likeness (QED) is 0.213. The third-order valence-electron chi connectivity index (χ3n) is 8.74. The maximum absolute atomic E-state index is 13.1. The molecule has 0 heterocycles. The summed E-state index contributed by atoms with van der Waals surface area (Å²) in [4.78, 5) is 13.1. The van der Waals surface area contributed by atoms with Crippen LogP contribution in [0.15, 0.2) is 55.1 Å². The summed E-state index contributed by atoms with van der Waals surface area (Å²) in [6.45, 7) is 26.8. The molecule has 0 spiro atoms. The number of ketones is 1. The molecule has 1 aromatic carbocycles. The monoisotopic (exact) mass is 528 g/mol. The predicted molar refractivity (Wildman–Crippen MR) is 159 cm³/mol. The summed E-state index contributed by atoms with van der Waals surface area (Å²) in [5.74, 6) is 0.308. The van der Waals surface area contributed by atoms with Crippen molar-refractivity contribution in [3.8, 4) is 0 Å². The average Bonchev–Trinajstić information content (AvgIpc) is 3.02. The van der Waals surface area contributed by atoms with Gasteiger partial charge >= 0.3 is 0 Å². The van der Waals surface area contributed by atoms with E-state index in [1.165, 1.54) is 5.56 Å². The summed E-state index contributed by atoms with van der Waals surface area (Å²) in [5, 5.41) is 0.235. The Morgan fingerprint density at radius 1 is 1.00 bits per heavy atom. The zero-order chi connectivity index (χ0) is 27.4. The molecule has 1 unspecified atom stereocenters. The van der Waals surface area contributed by atoms with Gasteiger partial charge in [-0.25, -0.2) is 0 Å². The number of hydrogen-bond donors (Lipinski definition) is 0. The maximum atomic E-state index is 13.1. The van der Waals surface area contributed by atoms with Crippen molar-refractivity contribution in [3.63, 3.8) is 0 Å². The first-order valence-electron chi connectivity index (χ1n) is 13.7. The Morgan fingerprint density at radius 3 is 2.11 bits per heavy atom. The predicted octanol–water partition coefficient (Wildman–Crippen LogP) is 8.74. The minimum Gasteiger partial charge on any atom is -0.413 e. The van der Waals surface area contributed by atoms with E-state index >= 15 is 0 Å². The van der Waals surface area contributed by atoms with Gasteiger partial charge in [-0.1, -0.05) is 90.1 Å². The van der Waals surface area contributed by atoms with Gasteiger partial charge in [0.05, 0.1) is 12.2 Å². The van der Waals surface area contributed by atoms with Crippen LogP contribution in [0.1, 0.15) is 66.4 Å². The number of benzene rings is 1. The first kappa shape index (κ1) is 30.9.